The first-order chi connectivity index (χ1) is 17.9. The van der Waals surface area contributed by atoms with Crippen LogP contribution in [-0.4, -0.2) is 31.8 Å². The van der Waals surface area contributed by atoms with Gasteiger partial charge in [0.05, 0.1) is 25.5 Å². The minimum atomic E-state index is -4.56. The standard InChI is InChI=1S/C26H20F3N5O2S/c1-35-20-9-7-18(8-10-20)15-36-23-11-21(19-12-30-34(14-19)13-17-5-3-2-4-6-17)31-24(33-23)25-32-22(16-37-25)26(27,28)29/h2-12,14,16H,13,15H2,1H3. The van der Waals surface area contributed by atoms with E-state index in [0.29, 0.717) is 23.6 Å². The van der Waals surface area contributed by atoms with Crippen molar-refractivity contribution in [3.8, 4) is 33.7 Å². The molecule has 0 fully saturated rings. The molecule has 0 atom stereocenters. The summed E-state index contributed by atoms with van der Waals surface area (Å²) in [6, 6.07) is 18.8. The van der Waals surface area contributed by atoms with E-state index in [0.717, 1.165) is 27.8 Å². The van der Waals surface area contributed by atoms with Gasteiger partial charge < -0.3 is 9.47 Å². The fourth-order valence-electron chi connectivity index (χ4n) is 3.48. The number of hydrogen-bond acceptors (Lipinski definition) is 7. The van der Waals surface area contributed by atoms with Crippen LogP contribution in [0.1, 0.15) is 16.8 Å². The number of nitrogens with zero attached hydrogens (tertiary/aromatic N) is 5. The molecule has 0 bridgehead atoms. The summed E-state index contributed by atoms with van der Waals surface area (Å²) in [7, 11) is 1.58. The SMILES string of the molecule is COc1ccc(COc2cc(-c3cnn(Cc4ccccc4)c3)nc(-c3nc(C(F)(F)F)cs3)n2)cc1. The van der Waals surface area contributed by atoms with Crippen molar-refractivity contribution >= 4 is 11.3 Å². The molecular formula is C26H20F3N5O2S. The van der Waals surface area contributed by atoms with Gasteiger partial charge in [0.1, 0.15) is 12.4 Å². The van der Waals surface area contributed by atoms with Crippen LogP contribution >= 0.6 is 11.3 Å². The monoisotopic (exact) mass is 523 g/mol. The quantitative estimate of drug-likeness (QED) is 0.244. The molecule has 0 saturated carbocycles. The molecule has 2 aromatic carbocycles. The minimum Gasteiger partial charge on any atom is -0.497 e. The number of benzene rings is 2. The number of thiazole rings is 1. The Balaban J connectivity index is 1.45. The minimum absolute atomic E-state index is 0.0403. The molecule has 3 heterocycles. The highest BCUT2D eigenvalue weighted by Gasteiger charge is 2.34. The molecule has 7 nitrogen and oxygen atoms in total. The topological polar surface area (TPSA) is 75.0 Å². The summed E-state index contributed by atoms with van der Waals surface area (Å²) < 4.78 is 52.3. The number of alkyl halides is 3. The zero-order valence-corrected chi connectivity index (χ0v) is 20.3. The summed E-state index contributed by atoms with van der Waals surface area (Å²) in [6.45, 7) is 0.750. The van der Waals surface area contributed by atoms with E-state index in [-0.39, 0.29) is 23.3 Å². The van der Waals surface area contributed by atoms with E-state index in [1.165, 1.54) is 0 Å². The average Bonchev–Trinajstić information content (AvgIpc) is 3.59. The molecule has 5 aromatic rings. The van der Waals surface area contributed by atoms with E-state index in [4.69, 9.17) is 9.47 Å². The van der Waals surface area contributed by atoms with Crippen molar-refractivity contribution in [1.29, 1.82) is 0 Å². The molecule has 5 rings (SSSR count). The second-order valence-electron chi connectivity index (χ2n) is 8.00. The third-order valence-electron chi connectivity index (χ3n) is 5.35. The van der Waals surface area contributed by atoms with E-state index in [9.17, 15) is 13.2 Å². The van der Waals surface area contributed by atoms with E-state index in [1.54, 1.807) is 24.1 Å². The van der Waals surface area contributed by atoms with Crippen molar-refractivity contribution in [2.75, 3.05) is 7.11 Å². The van der Waals surface area contributed by atoms with Gasteiger partial charge in [-0.05, 0) is 23.3 Å². The molecule has 188 valence electrons. The largest absolute Gasteiger partial charge is 0.497 e. The zero-order chi connectivity index (χ0) is 25.8. The summed E-state index contributed by atoms with van der Waals surface area (Å²) in [4.78, 5) is 12.5. The van der Waals surface area contributed by atoms with Gasteiger partial charge in [-0.1, -0.05) is 42.5 Å². The van der Waals surface area contributed by atoms with Crippen LogP contribution in [0.25, 0.3) is 22.1 Å². The van der Waals surface area contributed by atoms with Crippen molar-refractivity contribution in [1.82, 2.24) is 24.7 Å². The molecule has 3 aromatic heterocycles. The van der Waals surface area contributed by atoms with Crippen LogP contribution in [0.3, 0.4) is 0 Å². The number of halogens is 3. The maximum Gasteiger partial charge on any atom is 0.434 e. The highest BCUT2D eigenvalue weighted by atomic mass is 32.1. The Morgan fingerprint density at radius 2 is 1.73 bits per heavy atom. The predicted octanol–water partition coefficient (Wildman–Crippen LogP) is 6.12. The molecule has 0 aliphatic heterocycles. The van der Waals surface area contributed by atoms with Gasteiger partial charge in [0, 0.05) is 23.2 Å². The molecule has 0 unspecified atom stereocenters. The maximum absolute atomic E-state index is 13.1. The lowest BCUT2D eigenvalue weighted by molar-refractivity contribution is -0.140. The number of hydrogen-bond donors (Lipinski definition) is 0. The first-order valence-electron chi connectivity index (χ1n) is 11.1. The molecule has 0 N–H and O–H groups in total. The molecule has 0 aliphatic carbocycles. The molecule has 0 spiro atoms. The molecule has 11 heteroatoms. The molecule has 0 saturated heterocycles. The number of methoxy groups -OCH3 is 1. The van der Waals surface area contributed by atoms with Gasteiger partial charge in [0.25, 0.3) is 0 Å². The number of rotatable bonds is 8. The lowest BCUT2D eigenvalue weighted by Crippen LogP contribution is -2.05. The highest BCUT2D eigenvalue weighted by molar-refractivity contribution is 7.13. The fraction of sp³-hybridized carbons (Fsp3) is 0.154. The first kappa shape index (κ1) is 24.4. The van der Waals surface area contributed by atoms with Crippen LogP contribution in [0.15, 0.2) is 78.4 Å². The molecule has 37 heavy (non-hydrogen) atoms. The third-order valence-corrected chi connectivity index (χ3v) is 6.19. The molecule has 0 amide bonds. The molecular weight excluding hydrogens is 503 g/mol. The van der Waals surface area contributed by atoms with Gasteiger partial charge in [-0.25, -0.2) is 9.97 Å². The van der Waals surface area contributed by atoms with Crippen molar-refractivity contribution in [3.63, 3.8) is 0 Å². The van der Waals surface area contributed by atoms with Crippen LogP contribution in [0, 0.1) is 0 Å². The number of aromatic nitrogens is 5. The van der Waals surface area contributed by atoms with Crippen molar-refractivity contribution in [2.24, 2.45) is 0 Å². The summed E-state index contributed by atoms with van der Waals surface area (Å²) in [5.41, 5.74) is 2.08. The Labute approximate surface area is 214 Å². The predicted molar refractivity (Wildman–Crippen MR) is 132 cm³/mol. The fourth-order valence-corrected chi connectivity index (χ4v) is 4.24. The van der Waals surface area contributed by atoms with E-state index in [1.807, 2.05) is 60.8 Å². The molecule has 0 aliphatic rings. The second-order valence-corrected chi connectivity index (χ2v) is 8.86. The summed E-state index contributed by atoms with van der Waals surface area (Å²) in [5.74, 6) is 0.959. The van der Waals surface area contributed by atoms with Crippen LogP contribution in [0.4, 0.5) is 13.2 Å². The van der Waals surface area contributed by atoms with Gasteiger partial charge in [0.2, 0.25) is 5.88 Å². The first-order valence-corrected chi connectivity index (χ1v) is 12.0. The zero-order valence-electron chi connectivity index (χ0n) is 19.5. The normalized spacial score (nSPS) is 11.5. The van der Waals surface area contributed by atoms with Gasteiger partial charge in [-0.3, -0.25) is 4.68 Å². The van der Waals surface area contributed by atoms with Crippen LogP contribution in [0.2, 0.25) is 0 Å². The van der Waals surface area contributed by atoms with Gasteiger partial charge in [0.15, 0.2) is 16.5 Å². The van der Waals surface area contributed by atoms with Gasteiger partial charge in [-0.15, -0.1) is 11.3 Å². The van der Waals surface area contributed by atoms with Crippen LogP contribution in [-0.2, 0) is 19.3 Å². The Hall–Kier alpha value is -4.25. The average molecular weight is 524 g/mol. The maximum atomic E-state index is 13.1. The van der Waals surface area contributed by atoms with E-state index in [2.05, 4.69) is 20.1 Å². The summed E-state index contributed by atoms with van der Waals surface area (Å²) >= 11 is 0.821. The van der Waals surface area contributed by atoms with E-state index < -0.39 is 11.9 Å². The lowest BCUT2D eigenvalue weighted by atomic mass is 10.2. The number of ether oxygens (including phenoxy) is 2. The van der Waals surface area contributed by atoms with Gasteiger partial charge >= 0.3 is 6.18 Å². The van der Waals surface area contributed by atoms with Crippen LogP contribution in [0.5, 0.6) is 11.6 Å². The Kier molecular flexibility index (Phi) is 6.87. The smallest absolute Gasteiger partial charge is 0.434 e. The second kappa shape index (κ2) is 10.4. The van der Waals surface area contributed by atoms with Crippen molar-refractivity contribution in [2.45, 2.75) is 19.3 Å². The summed E-state index contributed by atoms with van der Waals surface area (Å²) in [5, 5.41) is 5.40. The lowest BCUT2D eigenvalue weighted by Gasteiger charge is -2.09. The molecule has 0 radical (unpaired) electrons. The summed E-state index contributed by atoms with van der Waals surface area (Å²) in [6.07, 6.45) is -1.10. The van der Waals surface area contributed by atoms with Gasteiger partial charge in [-0.2, -0.15) is 23.3 Å². The Morgan fingerprint density at radius 1 is 0.946 bits per heavy atom. The van der Waals surface area contributed by atoms with E-state index >= 15 is 0 Å². The van der Waals surface area contributed by atoms with Crippen molar-refractivity contribution in [3.05, 3.63) is 95.3 Å². The Morgan fingerprint density at radius 3 is 2.43 bits per heavy atom. The third kappa shape index (κ3) is 5.95. The van der Waals surface area contributed by atoms with Crippen LogP contribution < -0.4 is 9.47 Å². The highest BCUT2D eigenvalue weighted by Crippen LogP contribution is 2.34. The van der Waals surface area contributed by atoms with Crippen molar-refractivity contribution < 1.29 is 22.6 Å². The Bertz CT molecular complexity index is 1480.